The minimum Gasteiger partial charge on any atom is -0.465 e. The molecule has 0 heterocycles. The van der Waals surface area contributed by atoms with Crippen LogP contribution in [0.5, 0.6) is 0 Å². The zero-order chi connectivity index (χ0) is 36.8. The Bertz CT molecular complexity index is 925. The number of likely N-dealkylation sites (N-methyl/N-ethyl adjacent to an activating group) is 1. The van der Waals surface area contributed by atoms with Gasteiger partial charge in [0.2, 0.25) is 11.8 Å². The fourth-order valence-electron chi connectivity index (χ4n) is 5.43. The van der Waals surface area contributed by atoms with Gasteiger partial charge in [0.05, 0.1) is 19.1 Å². The number of esters is 1. The SMILES string of the molecule is CCCC/C=C\C/C=C\CCCCCCCC(=O)NC[C@@H](CNC(=O)CN(C)C)C(=O)OCCCCCCCC/C=C\C/C=C\CCCCC. The number of hydrogen-bond acceptors (Lipinski definition) is 5. The molecule has 288 valence electrons. The molecule has 7 nitrogen and oxygen atoms in total. The second kappa shape index (κ2) is 37.6. The van der Waals surface area contributed by atoms with E-state index < -0.39 is 5.92 Å². The van der Waals surface area contributed by atoms with Crippen molar-refractivity contribution in [3.05, 3.63) is 48.6 Å². The van der Waals surface area contributed by atoms with E-state index in [1.54, 1.807) is 4.90 Å². The Morgan fingerprint density at radius 1 is 0.540 bits per heavy atom. The average molecular weight is 700 g/mol. The summed E-state index contributed by atoms with van der Waals surface area (Å²) >= 11 is 0. The van der Waals surface area contributed by atoms with Gasteiger partial charge in [-0.2, -0.15) is 0 Å². The van der Waals surface area contributed by atoms with Gasteiger partial charge in [-0.05, 0) is 84.7 Å². The molecule has 0 radical (unpaired) electrons. The lowest BCUT2D eigenvalue weighted by Crippen LogP contribution is -2.43. The highest BCUT2D eigenvalue weighted by atomic mass is 16.5. The summed E-state index contributed by atoms with van der Waals surface area (Å²) in [6, 6.07) is 0. The number of rotatable bonds is 35. The normalized spacial score (nSPS) is 12.6. The lowest BCUT2D eigenvalue weighted by atomic mass is 10.1. The summed E-state index contributed by atoms with van der Waals surface area (Å²) in [4.78, 5) is 39.4. The van der Waals surface area contributed by atoms with Crippen LogP contribution in [0.15, 0.2) is 48.6 Å². The third-order valence-corrected chi connectivity index (χ3v) is 8.58. The Balaban J connectivity index is 4.16. The molecule has 0 aromatic carbocycles. The number of ether oxygens (including phenoxy) is 1. The molecule has 0 aliphatic heterocycles. The number of allylic oxidation sites excluding steroid dienone is 8. The fourth-order valence-corrected chi connectivity index (χ4v) is 5.43. The smallest absolute Gasteiger partial charge is 0.312 e. The van der Waals surface area contributed by atoms with E-state index in [1.807, 2.05) is 14.1 Å². The molecule has 0 aliphatic rings. The first kappa shape index (κ1) is 47.3. The van der Waals surface area contributed by atoms with Crippen LogP contribution in [0.25, 0.3) is 0 Å². The van der Waals surface area contributed by atoms with E-state index in [0.717, 1.165) is 64.2 Å². The summed E-state index contributed by atoms with van der Waals surface area (Å²) in [7, 11) is 3.65. The summed E-state index contributed by atoms with van der Waals surface area (Å²) < 4.78 is 5.58. The lowest BCUT2D eigenvalue weighted by molar-refractivity contribution is -0.148. The van der Waals surface area contributed by atoms with Gasteiger partial charge in [-0.25, -0.2) is 0 Å². The molecule has 0 saturated carbocycles. The van der Waals surface area contributed by atoms with Gasteiger partial charge in [0.25, 0.3) is 0 Å². The summed E-state index contributed by atoms with van der Waals surface area (Å²) in [5.41, 5.74) is 0. The Hall–Kier alpha value is -2.67. The molecule has 0 saturated heterocycles. The Labute approximate surface area is 308 Å². The van der Waals surface area contributed by atoms with Crippen LogP contribution in [-0.4, -0.2) is 63.0 Å². The first-order valence-electron chi connectivity index (χ1n) is 20.3. The molecule has 1 atom stereocenters. The van der Waals surface area contributed by atoms with Crippen molar-refractivity contribution in [2.24, 2.45) is 5.92 Å². The second-order valence-corrected chi connectivity index (χ2v) is 13.9. The fraction of sp³-hybridized carbons (Fsp3) is 0.744. The van der Waals surface area contributed by atoms with Crippen molar-refractivity contribution in [2.75, 3.05) is 40.3 Å². The highest BCUT2D eigenvalue weighted by molar-refractivity contribution is 5.80. The zero-order valence-corrected chi connectivity index (χ0v) is 32.9. The predicted octanol–water partition coefficient (Wildman–Crippen LogP) is 10.2. The van der Waals surface area contributed by atoms with E-state index in [2.05, 4.69) is 73.1 Å². The van der Waals surface area contributed by atoms with E-state index in [1.165, 1.54) is 77.0 Å². The third-order valence-electron chi connectivity index (χ3n) is 8.58. The standard InChI is InChI=1S/C43H77N3O4/c1-5-7-9-11-13-15-17-19-21-22-24-26-28-30-32-34-36-50-43(49)40(38-45-42(48)39-46(3)4)37-44-41(47)35-33-31-29-27-25-23-20-18-16-14-12-10-8-6-2/h12-15,18-21,40H,5-11,16-17,22-39H2,1-4H3,(H,44,47)(H,45,48)/b14-12-,15-13-,20-18-,21-19-/t40-/m0/s1. The van der Waals surface area contributed by atoms with Crippen molar-refractivity contribution in [2.45, 2.75) is 162 Å². The van der Waals surface area contributed by atoms with Gasteiger partial charge in [0.1, 0.15) is 0 Å². The topological polar surface area (TPSA) is 87.7 Å². The number of nitrogens with zero attached hydrogens (tertiary/aromatic N) is 1. The van der Waals surface area contributed by atoms with Crippen molar-refractivity contribution in [1.29, 1.82) is 0 Å². The molecule has 0 spiro atoms. The van der Waals surface area contributed by atoms with Gasteiger partial charge >= 0.3 is 5.97 Å². The lowest BCUT2D eigenvalue weighted by Gasteiger charge is -2.18. The maximum Gasteiger partial charge on any atom is 0.312 e. The van der Waals surface area contributed by atoms with Gasteiger partial charge in [-0.15, -0.1) is 0 Å². The van der Waals surface area contributed by atoms with E-state index in [4.69, 9.17) is 4.74 Å². The maximum atomic E-state index is 12.9. The number of hydrogen-bond donors (Lipinski definition) is 2. The summed E-state index contributed by atoms with van der Waals surface area (Å²) in [6.45, 7) is 5.40. The third kappa shape index (κ3) is 35.2. The van der Waals surface area contributed by atoms with Gasteiger partial charge < -0.3 is 20.3 Å². The number of carbonyl (C=O) groups is 3. The zero-order valence-electron chi connectivity index (χ0n) is 32.9. The van der Waals surface area contributed by atoms with Crippen molar-refractivity contribution in [3.8, 4) is 0 Å². The first-order chi connectivity index (χ1) is 24.4. The van der Waals surface area contributed by atoms with Crippen molar-refractivity contribution >= 4 is 17.8 Å². The Morgan fingerprint density at radius 2 is 0.980 bits per heavy atom. The average Bonchev–Trinajstić information content (AvgIpc) is 3.09. The highest BCUT2D eigenvalue weighted by Crippen LogP contribution is 2.10. The minimum atomic E-state index is -0.602. The molecule has 2 amide bonds. The van der Waals surface area contributed by atoms with Crippen LogP contribution < -0.4 is 10.6 Å². The minimum absolute atomic E-state index is 0.0533. The molecular formula is C43H77N3O4. The molecule has 0 bridgehead atoms. The van der Waals surface area contributed by atoms with Crippen LogP contribution in [0, 0.1) is 5.92 Å². The molecule has 0 aliphatic carbocycles. The van der Waals surface area contributed by atoms with Crippen LogP contribution in [-0.2, 0) is 19.1 Å². The van der Waals surface area contributed by atoms with E-state index >= 15 is 0 Å². The number of nitrogens with one attached hydrogen (secondary N) is 2. The molecule has 7 heteroatoms. The number of amides is 2. The van der Waals surface area contributed by atoms with E-state index in [-0.39, 0.29) is 37.4 Å². The largest absolute Gasteiger partial charge is 0.465 e. The summed E-state index contributed by atoms with van der Waals surface area (Å²) in [6.07, 6.45) is 43.8. The second-order valence-electron chi connectivity index (χ2n) is 13.9. The van der Waals surface area contributed by atoms with Crippen LogP contribution >= 0.6 is 0 Å². The monoisotopic (exact) mass is 700 g/mol. The molecule has 0 rings (SSSR count). The van der Waals surface area contributed by atoms with Crippen LogP contribution in [0.3, 0.4) is 0 Å². The molecular weight excluding hydrogens is 622 g/mol. The van der Waals surface area contributed by atoms with Crippen LogP contribution in [0.2, 0.25) is 0 Å². The van der Waals surface area contributed by atoms with Crippen molar-refractivity contribution in [3.63, 3.8) is 0 Å². The Kier molecular flexibility index (Phi) is 35.6. The quantitative estimate of drug-likeness (QED) is 0.0391. The Morgan fingerprint density at radius 3 is 1.50 bits per heavy atom. The number of unbranched alkanes of at least 4 members (excludes halogenated alkanes) is 16. The van der Waals surface area contributed by atoms with Gasteiger partial charge in [-0.1, -0.05) is 133 Å². The van der Waals surface area contributed by atoms with Gasteiger partial charge in [0.15, 0.2) is 0 Å². The molecule has 0 aromatic rings. The highest BCUT2D eigenvalue weighted by Gasteiger charge is 2.22. The predicted molar refractivity (Wildman–Crippen MR) is 213 cm³/mol. The number of carbonyl (C=O) groups excluding carboxylic acids is 3. The summed E-state index contributed by atoms with van der Waals surface area (Å²) in [5, 5.41) is 5.73. The van der Waals surface area contributed by atoms with Crippen LogP contribution in [0.1, 0.15) is 162 Å². The molecule has 2 N–H and O–H groups in total. The van der Waals surface area contributed by atoms with Crippen molar-refractivity contribution in [1.82, 2.24) is 15.5 Å². The summed E-state index contributed by atoms with van der Waals surface area (Å²) in [5.74, 6) is -1.17. The van der Waals surface area contributed by atoms with E-state index in [0.29, 0.717) is 13.0 Å². The molecule has 0 aromatic heterocycles. The van der Waals surface area contributed by atoms with Gasteiger partial charge in [-0.3, -0.25) is 14.4 Å². The van der Waals surface area contributed by atoms with Gasteiger partial charge in [0, 0.05) is 19.5 Å². The van der Waals surface area contributed by atoms with Crippen LogP contribution in [0.4, 0.5) is 0 Å². The van der Waals surface area contributed by atoms with E-state index in [9.17, 15) is 14.4 Å². The molecule has 50 heavy (non-hydrogen) atoms. The maximum absolute atomic E-state index is 12.9. The first-order valence-corrected chi connectivity index (χ1v) is 20.3. The molecule has 0 unspecified atom stereocenters. The molecule has 0 fully saturated rings. The van der Waals surface area contributed by atoms with Crippen molar-refractivity contribution < 1.29 is 19.1 Å².